The van der Waals surface area contributed by atoms with E-state index >= 15 is 0 Å². The average Bonchev–Trinajstić information content (AvgIpc) is 2.13. The van der Waals surface area contributed by atoms with Crippen LogP contribution >= 0.6 is 0 Å². The molecule has 0 radical (unpaired) electrons. The van der Waals surface area contributed by atoms with Crippen molar-refractivity contribution in [1.29, 1.82) is 0 Å². The molecular weight excluding hydrogens is 223 g/mol. The second kappa shape index (κ2) is 3.84. The number of carbonyl (C=O) groups is 1. The Hall–Kier alpha value is -1.66. The molecule has 0 amide bonds. The molecule has 0 unspecified atom stereocenters. The van der Waals surface area contributed by atoms with Crippen molar-refractivity contribution in [2.45, 2.75) is 6.11 Å². The highest BCUT2D eigenvalue weighted by Crippen LogP contribution is 2.32. The highest BCUT2D eigenvalue weighted by molar-refractivity contribution is 5.39. The molecule has 15 heavy (non-hydrogen) atoms. The molecule has 0 saturated heterocycles. The Morgan fingerprint density at radius 1 is 1.13 bits per heavy atom. The quantitative estimate of drug-likeness (QED) is 0.449. The van der Waals surface area contributed by atoms with Crippen LogP contribution in [-0.4, -0.2) is 6.47 Å². The minimum Gasteiger partial charge on any atom is -0.399 e. The SMILES string of the molecule is O=COC(F)(F)c1ccc(F)c(F)c1F. The number of ether oxygens (including phenoxy) is 1. The van der Waals surface area contributed by atoms with Gasteiger partial charge in [0.15, 0.2) is 17.5 Å². The molecule has 0 aromatic heterocycles. The Morgan fingerprint density at radius 3 is 2.27 bits per heavy atom. The van der Waals surface area contributed by atoms with Crippen LogP contribution in [0.1, 0.15) is 5.56 Å². The van der Waals surface area contributed by atoms with Crippen LogP contribution in [0, 0.1) is 17.5 Å². The van der Waals surface area contributed by atoms with Crippen molar-refractivity contribution >= 4 is 6.47 Å². The third-order valence-electron chi connectivity index (χ3n) is 1.54. The van der Waals surface area contributed by atoms with Gasteiger partial charge in [0.25, 0.3) is 6.47 Å². The average molecular weight is 226 g/mol. The number of halogens is 5. The summed E-state index contributed by atoms with van der Waals surface area (Å²) in [5.74, 6) is -5.76. The van der Waals surface area contributed by atoms with Crippen LogP contribution in [0.4, 0.5) is 22.0 Å². The lowest BCUT2D eigenvalue weighted by molar-refractivity contribution is -0.229. The van der Waals surface area contributed by atoms with Crippen LogP contribution in [0.15, 0.2) is 12.1 Å². The van der Waals surface area contributed by atoms with Gasteiger partial charge in [-0.1, -0.05) is 0 Å². The van der Waals surface area contributed by atoms with Gasteiger partial charge in [-0.2, -0.15) is 8.78 Å². The van der Waals surface area contributed by atoms with Gasteiger partial charge in [-0.25, -0.2) is 13.2 Å². The fourth-order valence-corrected chi connectivity index (χ4v) is 0.875. The lowest BCUT2D eigenvalue weighted by Crippen LogP contribution is -2.20. The van der Waals surface area contributed by atoms with Gasteiger partial charge in [-0.15, -0.1) is 0 Å². The summed E-state index contributed by atoms with van der Waals surface area (Å²) in [7, 11) is 0. The van der Waals surface area contributed by atoms with Gasteiger partial charge < -0.3 is 4.74 Å². The number of hydrogen-bond acceptors (Lipinski definition) is 2. The van der Waals surface area contributed by atoms with Gasteiger partial charge in [0.2, 0.25) is 0 Å². The summed E-state index contributed by atoms with van der Waals surface area (Å²) in [5.41, 5.74) is -1.55. The predicted octanol–water partition coefficient (Wildman–Crippen LogP) is 2.33. The first-order valence-corrected chi connectivity index (χ1v) is 3.53. The van der Waals surface area contributed by atoms with E-state index in [4.69, 9.17) is 0 Å². The number of alkyl halides is 2. The molecule has 1 aromatic rings. The second-order valence-electron chi connectivity index (χ2n) is 2.45. The van der Waals surface area contributed by atoms with Crippen molar-refractivity contribution in [1.82, 2.24) is 0 Å². The molecule has 7 heteroatoms. The largest absolute Gasteiger partial charge is 0.431 e. The van der Waals surface area contributed by atoms with Gasteiger partial charge in [0, 0.05) is 0 Å². The van der Waals surface area contributed by atoms with Crippen LogP contribution in [0.5, 0.6) is 0 Å². The molecule has 0 atom stereocenters. The van der Waals surface area contributed by atoms with Crippen LogP contribution in [0.25, 0.3) is 0 Å². The molecule has 0 fully saturated rings. The van der Waals surface area contributed by atoms with E-state index in [9.17, 15) is 26.7 Å². The molecule has 0 saturated carbocycles. The Bertz CT molecular complexity index is 391. The summed E-state index contributed by atoms with van der Waals surface area (Å²) in [5, 5.41) is 0. The number of hydrogen-bond donors (Lipinski definition) is 0. The van der Waals surface area contributed by atoms with Crippen molar-refractivity contribution in [3.63, 3.8) is 0 Å². The topological polar surface area (TPSA) is 26.3 Å². The molecule has 0 N–H and O–H groups in total. The smallest absolute Gasteiger partial charge is 0.399 e. The molecule has 0 spiro atoms. The van der Waals surface area contributed by atoms with Gasteiger partial charge in [-0.05, 0) is 12.1 Å². The Balaban J connectivity index is 3.26. The molecule has 82 valence electrons. The maximum Gasteiger partial charge on any atom is 0.431 e. The van der Waals surface area contributed by atoms with Crippen LogP contribution in [0.2, 0.25) is 0 Å². The maximum absolute atomic E-state index is 12.8. The van der Waals surface area contributed by atoms with Crippen molar-refractivity contribution in [2.24, 2.45) is 0 Å². The summed E-state index contributed by atoms with van der Waals surface area (Å²) in [4.78, 5) is 9.66. The van der Waals surface area contributed by atoms with E-state index in [-0.39, 0.29) is 6.07 Å². The zero-order valence-electron chi connectivity index (χ0n) is 6.94. The normalized spacial score (nSPS) is 11.3. The lowest BCUT2D eigenvalue weighted by atomic mass is 10.2. The zero-order chi connectivity index (χ0) is 11.6. The fraction of sp³-hybridized carbons (Fsp3) is 0.125. The first-order valence-electron chi connectivity index (χ1n) is 3.53. The van der Waals surface area contributed by atoms with E-state index in [0.717, 1.165) is 0 Å². The van der Waals surface area contributed by atoms with Gasteiger partial charge >= 0.3 is 6.11 Å². The predicted molar refractivity (Wildman–Crippen MR) is 37.4 cm³/mol. The Kier molecular flexibility index (Phi) is 2.92. The third kappa shape index (κ3) is 2.05. The van der Waals surface area contributed by atoms with Gasteiger partial charge in [0.05, 0.1) is 0 Å². The summed E-state index contributed by atoms with van der Waals surface area (Å²) >= 11 is 0. The monoisotopic (exact) mass is 226 g/mol. The molecule has 0 heterocycles. The van der Waals surface area contributed by atoms with Crippen LogP contribution < -0.4 is 0 Å². The number of rotatable bonds is 3. The van der Waals surface area contributed by atoms with Crippen LogP contribution in [-0.2, 0) is 15.6 Å². The third-order valence-corrected chi connectivity index (χ3v) is 1.54. The molecule has 1 aromatic carbocycles. The molecule has 2 nitrogen and oxygen atoms in total. The van der Waals surface area contributed by atoms with Crippen LogP contribution in [0.3, 0.4) is 0 Å². The first-order chi connectivity index (χ1) is 6.90. The Labute approximate surface area is 80.3 Å². The van der Waals surface area contributed by atoms with Gasteiger partial charge in [0.1, 0.15) is 5.56 Å². The van der Waals surface area contributed by atoms with E-state index in [1.807, 2.05) is 0 Å². The van der Waals surface area contributed by atoms with Crippen molar-refractivity contribution in [3.05, 3.63) is 35.1 Å². The Morgan fingerprint density at radius 2 is 1.73 bits per heavy atom. The molecule has 0 bridgehead atoms. The molecular formula is C8H3F5O2. The van der Waals surface area contributed by atoms with E-state index < -0.39 is 35.6 Å². The lowest BCUT2D eigenvalue weighted by Gasteiger charge is -2.14. The minimum atomic E-state index is -4.33. The molecule has 1 rings (SSSR count). The molecule has 0 aliphatic heterocycles. The van der Waals surface area contributed by atoms with Crippen molar-refractivity contribution in [2.75, 3.05) is 0 Å². The fourth-order valence-electron chi connectivity index (χ4n) is 0.875. The highest BCUT2D eigenvalue weighted by Gasteiger charge is 2.38. The van der Waals surface area contributed by atoms with E-state index in [1.165, 1.54) is 0 Å². The van der Waals surface area contributed by atoms with E-state index in [1.54, 1.807) is 0 Å². The van der Waals surface area contributed by atoms with Crippen molar-refractivity contribution < 1.29 is 31.5 Å². The van der Waals surface area contributed by atoms with E-state index in [0.29, 0.717) is 6.07 Å². The molecule has 0 aliphatic rings. The standard InChI is InChI=1S/C8H3F5O2/c9-5-2-1-4(6(10)7(5)11)8(12,13)15-3-14/h1-3H. The van der Waals surface area contributed by atoms with Crippen molar-refractivity contribution in [3.8, 4) is 0 Å². The number of carbonyl (C=O) groups excluding carboxylic acids is 1. The summed E-state index contributed by atoms with van der Waals surface area (Å²) in [6, 6.07) is 0.590. The molecule has 0 aliphatic carbocycles. The number of benzene rings is 1. The maximum atomic E-state index is 12.8. The summed E-state index contributed by atoms with van der Waals surface area (Å²) < 4.78 is 66.4. The zero-order valence-corrected chi connectivity index (χ0v) is 6.94. The summed E-state index contributed by atoms with van der Waals surface area (Å²) in [6.07, 6.45) is -4.33. The van der Waals surface area contributed by atoms with E-state index in [2.05, 4.69) is 4.74 Å². The van der Waals surface area contributed by atoms with Gasteiger partial charge in [-0.3, -0.25) is 4.79 Å². The second-order valence-corrected chi connectivity index (χ2v) is 2.45. The minimum absolute atomic E-state index is 0.289. The summed E-state index contributed by atoms with van der Waals surface area (Å²) in [6.45, 7) is -0.624. The first kappa shape index (κ1) is 11.4. The highest BCUT2D eigenvalue weighted by atomic mass is 19.3.